The first kappa shape index (κ1) is 22.0. The molecule has 0 aromatic carbocycles. The Bertz CT molecular complexity index is 228. The fourth-order valence-corrected chi connectivity index (χ4v) is 4.26. The molecule has 0 saturated heterocycles. The lowest BCUT2D eigenvalue weighted by Gasteiger charge is -2.29. The molecule has 0 spiro atoms. The molecule has 1 aliphatic carbocycles. The topological polar surface area (TPSA) is 12.0 Å². The Morgan fingerprint density at radius 3 is 1.58 bits per heavy atom. The number of unbranched alkanes of at least 4 members (excludes halogenated alkanes) is 10. The van der Waals surface area contributed by atoms with Crippen molar-refractivity contribution in [2.75, 3.05) is 0 Å². The van der Waals surface area contributed by atoms with Crippen LogP contribution in [0.3, 0.4) is 0 Å². The predicted molar refractivity (Wildman–Crippen MR) is 110 cm³/mol. The molecule has 144 valence electrons. The Kier molecular flexibility index (Phi) is 15.1. The SMILES string of the molecule is CCCCCCCCC(CCCCCCCC)NC1CCCCC1. The fraction of sp³-hybridized carbons (Fsp3) is 1.00. The van der Waals surface area contributed by atoms with Crippen molar-refractivity contribution in [2.24, 2.45) is 0 Å². The summed E-state index contributed by atoms with van der Waals surface area (Å²) in [5.41, 5.74) is 0. The van der Waals surface area contributed by atoms with Crippen molar-refractivity contribution in [2.45, 2.75) is 148 Å². The molecular weight excluding hydrogens is 290 g/mol. The molecule has 0 radical (unpaired) electrons. The summed E-state index contributed by atoms with van der Waals surface area (Å²) in [6.07, 6.45) is 27.3. The van der Waals surface area contributed by atoms with Gasteiger partial charge in [0.05, 0.1) is 0 Å². The minimum Gasteiger partial charge on any atom is -0.311 e. The average molecular weight is 338 g/mol. The summed E-state index contributed by atoms with van der Waals surface area (Å²) >= 11 is 0. The minimum absolute atomic E-state index is 0.811. The monoisotopic (exact) mass is 337 g/mol. The summed E-state index contributed by atoms with van der Waals surface area (Å²) in [7, 11) is 0. The highest BCUT2D eigenvalue weighted by Crippen LogP contribution is 2.21. The Balaban J connectivity index is 2.16. The van der Waals surface area contributed by atoms with Gasteiger partial charge in [0.25, 0.3) is 0 Å². The van der Waals surface area contributed by atoms with Crippen molar-refractivity contribution in [3.05, 3.63) is 0 Å². The van der Waals surface area contributed by atoms with E-state index in [-0.39, 0.29) is 0 Å². The standard InChI is InChI=1S/C23H47N/c1-3-5-7-9-11-14-18-22(19-15-12-10-8-6-4-2)24-23-20-16-13-17-21-23/h22-24H,3-21H2,1-2H3. The molecule has 1 fully saturated rings. The Morgan fingerprint density at radius 1 is 0.625 bits per heavy atom. The van der Waals surface area contributed by atoms with Crippen LogP contribution in [0, 0.1) is 0 Å². The smallest absolute Gasteiger partial charge is 0.00696 e. The summed E-state index contributed by atoms with van der Waals surface area (Å²) in [6, 6.07) is 1.65. The normalized spacial score (nSPS) is 16.1. The quantitative estimate of drug-likeness (QED) is 0.283. The molecule has 0 aliphatic heterocycles. The molecule has 1 saturated carbocycles. The van der Waals surface area contributed by atoms with Crippen molar-refractivity contribution >= 4 is 0 Å². The highest BCUT2D eigenvalue weighted by Gasteiger charge is 2.17. The molecule has 0 bridgehead atoms. The molecule has 1 N–H and O–H groups in total. The van der Waals surface area contributed by atoms with Gasteiger partial charge in [-0.1, -0.05) is 110 Å². The number of nitrogens with one attached hydrogen (secondary N) is 1. The minimum atomic E-state index is 0.811. The second kappa shape index (κ2) is 16.4. The molecule has 0 atom stereocenters. The maximum Gasteiger partial charge on any atom is 0.00696 e. The van der Waals surface area contributed by atoms with Gasteiger partial charge in [0.1, 0.15) is 0 Å². The van der Waals surface area contributed by atoms with E-state index in [1.165, 1.54) is 122 Å². The Labute approximate surface area is 153 Å². The highest BCUT2D eigenvalue weighted by atomic mass is 14.9. The zero-order chi connectivity index (χ0) is 17.3. The average Bonchev–Trinajstić information content (AvgIpc) is 2.61. The second-order valence-electron chi connectivity index (χ2n) is 8.31. The zero-order valence-electron chi connectivity index (χ0n) is 17.1. The van der Waals surface area contributed by atoms with Gasteiger partial charge in [0.2, 0.25) is 0 Å². The van der Waals surface area contributed by atoms with E-state index in [1.54, 1.807) is 0 Å². The van der Waals surface area contributed by atoms with Crippen LogP contribution >= 0.6 is 0 Å². The summed E-state index contributed by atoms with van der Waals surface area (Å²) < 4.78 is 0. The van der Waals surface area contributed by atoms with Gasteiger partial charge >= 0.3 is 0 Å². The van der Waals surface area contributed by atoms with E-state index in [2.05, 4.69) is 19.2 Å². The van der Waals surface area contributed by atoms with E-state index >= 15 is 0 Å². The molecule has 1 heteroatoms. The van der Waals surface area contributed by atoms with Crippen LogP contribution in [0.2, 0.25) is 0 Å². The molecule has 0 amide bonds. The van der Waals surface area contributed by atoms with Crippen LogP contribution in [-0.4, -0.2) is 12.1 Å². The van der Waals surface area contributed by atoms with Crippen molar-refractivity contribution in [3.63, 3.8) is 0 Å². The summed E-state index contributed by atoms with van der Waals surface area (Å²) in [5.74, 6) is 0. The largest absolute Gasteiger partial charge is 0.311 e. The Morgan fingerprint density at radius 2 is 1.08 bits per heavy atom. The van der Waals surface area contributed by atoms with E-state index in [1.807, 2.05) is 0 Å². The molecule has 1 rings (SSSR count). The third-order valence-electron chi connectivity index (χ3n) is 5.89. The predicted octanol–water partition coefficient (Wildman–Crippen LogP) is 7.78. The van der Waals surface area contributed by atoms with E-state index in [0.717, 1.165) is 12.1 Å². The van der Waals surface area contributed by atoms with E-state index < -0.39 is 0 Å². The van der Waals surface area contributed by atoms with Crippen molar-refractivity contribution < 1.29 is 0 Å². The molecule has 0 aromatic heterocycles. The summed E-state index contributed by atoms with van der Waals surface area (Å²) in [6.45, 7) is 4.62. The van der Waals surface area contributed by atoms with Gasteiger partial charge in [0, 0.05) is 12.1 Å². The fourth-order valence-electron chi connectivity index (χ4n) is 4.26. The molecule has 0 aromatic rings. The van der Waals surface area contributed by atoms with Gasteiger partial charge in [-0.25, -0.2) is 0 Å². The molecule has 1 nitrogen and oxygen atoms in total. The highest BCUT2D eigenvalue weighted by molar-refractivity contribution is 4.77. The molecule has 1 aliphatic rings. The second-order valence-corrected chi connectivity index (χ2v) is 8.31. The molecule has 0 unspecified atom stereocenters. The molecule has 24 heavy (non-hydrogen) atoms. The van der Waals surface area contributed by atoms with Crippen LogP contribution in [0.25, 0.3) is 0 Å². The van der Waals surface area contributed by atoms with Gasteiger partial charge in [-0.15, -0.1) is 0 Å². The number of hydrogen-bond donors (Lipinski definition) is 1. The lowest BCUT2D eigenvalue weighted by Crippen LogP contribution is -2.39. The first-order valence-electron chi connectivity index (χ1n) is 11.6. The van der Waals surface area contributed by atoms with Crippen LogP contribution in [0.15, 0.2) is 0 Å². The maximum atomic E-state index is 4.06. The van der Waals surface area contributed by atoms with Crippen molar-refractivity contribution in [3.8, 4) is 0 Å². The Hall–Kier alpha value is -0.0400. The lowest BCUT2D eigenvalue weighted by atomic mass is 9.93. The van der Waals surface area contributed by atoms with Crippen LogP contribution in [0.1, 0.15) is 136 Å². The third-order valence-corrected chi connectivity index (χ3v) is 5.89. The summed E-state index contributed by atoms with van der Waals surface area (Å²) in [4.78, 5) is 0. The first-order valence-corrected chi connectivity index (χ1v) is 11.6. The maximum absolute atomic E-state index is 4.06. The van der Waals surface area contributed by atoms with E-state index in [4.69, 9.17) is 0 Å². The van der Waals surface area contributed by atoms with E-state index in [9.17, 15) is 0 Å². The van der Waals surface area contributed by atoms with Crippen molar-refractivity contribution in [1.29, 1.82) is 0 Å². The third kappa shape index (κ3) is 12.3. The lowest BCUT2D eigenvalue weighted by molar-refractivity contribution is 0.308. The number of hydrogen-bond acceptors (Lipinski definition) is 1. The van der Waals surface area contributed by atoms with Gasteiger partial charge in [0.15, 0.2) is 0 Å². The van der Waals surface area contributed by atoms with Gasteiger partial charge in [-0.2, -0.15) is 0 Å². The van der Waals surface area contributed by atoms with Crippen LogP contribution in [0.4, 0.5) is 0 Å². The van der Waals surface area contributed by atoms with Crippen LogP contribution in [-0.2, 0) is 0 Å². The van der Waals surface area contributed by atoms with Gasteiger partial charge in [-0.05, 0) is 25.7 Å². The number of rotatable bonds is 16. The molecular formula is C23H47N. The first-order chi connectivity index (χ1) is 11.9. The van der Waals surface area contributed by atoms with Gasteiger partial charge < -0.3 is 5.32 Å². The zero-order valence-corrected chi connectivity index (χ0v) is 17.1. The summed E-state index contributed by atoms with van der Waals surface area (Å²) in [5, 5.41) is 4.06. The molecule has 0 heterocycles. The van der Waals surface area contributed by atoms with Crippen LogP contribution in [0.5, 0.6) is 0 Å². The van der Waals surface area contributed by atoms with Crippen molar-refractivity contribution in [1.82, 2.24) is 5.32 Å². The van der Waals surface area contributed by atoms with Crippen LogP contribution < -0.4 is 5.32 Å². The van der Waals surface area contributed by atoms with E-state index in [0.29, 0.717) is 0 Å². The van der Waals surface area contributed by atoms with Gasteiger partial charge in [-0.3, -0.25) is 0 Å².